The summed E-state index contributed by atoms with van der Waals surface area (Å²) in [5.41, 5.74) is 7.34. The number of nitrogens with two attached hydrogens (primary N) is 1. The Hall–Kier alpha value is -2.01. The van der Waals surface area contributed by atoms with E-state index in [1.807, 2.05) is 23.1 Å². The lowest BCUT2D eigenvalue weighted by Crippen LogP contribution is -2.31. The van der Waals surface area contributed by atoms with E-state index in [2.05, 4.69) is 0 Å². The number of amides is 1. The molecule has 2 aromatic rings. The molecule has 3 rings (SSSR count). The van der Waals surface area contributed by atoms with Gasteiger partial charge in [-0.05, 0) is 31.0 Å². The summed E-state index contributed by atoms with van der Waals surface area (Å²) >= 11 is 0. The number of likely N-dealkylation sites (tertiary alicyclic amines) is 1. The van der Waals surface area contributed by atoms with Crippen LogP contribution in [0.2, 0.25) is 0 Å². The predicted octanol–water partition coefficient (Wildman–Crippen LogP) is 1.79. The normalized spacial score (nSPS) is 18.4. The number of methoxy groups -OCH3 is 1. The van der Waals surface area contributed by atoms with E-state index >= 15 is 0 Å². The average Bonchev–Trinajstić information content (AvgIpc) is 3.13. The Morgan fingerprint density at radius 2 is 2.38 bits per heavy atom. The SMILES string of the molecule is COc1ccc2c(CC(=O)N3CCC(CN)C3)coc2c1. The van der Waals surface area contributed by atoms with Crippen molar-refractivity contribution in [2.45, 2.75) is 12.8 Å². The number of nitrogens with zero attached hydrogens (tertiary/aromatic N) is 1. The number of furan rings is 1. The largest absolute Gasteiger partial charge is 0.497 e. The summed E-state index contributed by atoms with van der Waals surface area (Å²) in [4.78, 5) is 14.3. The number of carbonyl (C=O) groups is 1. The van der Waals surface area contributed by atoms with Gasteiger partial charge in [0.2, 0.25) is 5.91 Å². The fraction of sp³-hybridized carbons (Fsp3) is 0.438. The van der Waals surface area contributed by atoms with Crippen molar-refractivity contribution in [1.82, 2.24) is 4.90 Å². The van der Waals surface area contributed by atoms with E-state index in [0.29, 0.717) is 18.9 Å². The summed E-state index contributed by atoms with van der Waals surface area (Å²) in [5, 5.41) is 0.971. The smallest absolute Gasteiger partial charge is 0.227 e. The Bertz CT molecular complexity index is 650. The Kier molecular flexibility index (Phi) is 3.84. The fourth-order valence-corrected chi connectivity index (χ4v) is 2.85. The van der Waals surface area contributed by atoms with Gasteiger partial charge in [-0.25, -0.2) is 0 Å². The molecule has 0 bridgehead atoms. The van der Waals surface area contributed by atoms with Gasteiger partial charge in [-0.1, -0.05) is 0 Å². The summed E-state index contributed by atoms with van der Waals surface area (Å²) in [6.45, 7) is 2.24. The van der Waals surface area contributed by atoms with E-state index in [4.69, 9.17) is 14.9 Å². The quantitative estimate of drug-likeness (QED) is 0.931. The van der Waals surface area contributed by atoms with Crippen molar-refractivity contribution in [2.75, 3.05) is 26.7 Å². The van der Waals surface area contributed by atoms with Crippen LogP contribution in [0, 0.1) is 5.92 Å². The van der Waals surface area contributed by atoms with Crippen LogP contribution in [-0.2, 0) is 11.2 Å². The van der Waals surface area contributed by atoms with Crippen LogP contribution < -0.4 is 10.5 Å². The minimum absolute atomic E-state index is 0.143. The first-order valence-electron chi connectivity index (χ1n) is 7.23. The molecule has 1 aliphatic rings. The highest BCUT2D eigenvalue weighted by Gasteiger charge is 2.25. The predicted molar refractivity (Wildman–Crippen MR) is 80.2 cm³/mol. The number of hydrogen-bond donors (Lipinski definition) is 1. The van der Waals surface area contributed by atoms with E-state index in [9.17, 15) is 4.79 Å². The van der Waals surface area contributed by atoms with Crippen molar-refractivity contribution in [3.05, 3.63) is 30.0 Å². The summed E-state index contributed by atoms with van der Waals surface area (Å²) in [7, 11) is 1.62. The zero-order valence-corrected chi connectivity index (χ0v) is 12.2. The van der Waals surface area contributed by atoms with Crippen molar-refractivity contribution in [2.24, 2.45) is 11.7 Å². The number of hydrogen-bond acceptors (Lipinski definition) is 4. The molecule has 5 heteroatoms. The molecule has 1 unspecified atom stereocenters. The molecule has 1 aromatic carbocycles. The van der Waals surface area contributed by atoms with E-state index in [0.717, 1.165) is 41.8 Å². The van der Waals surface area contributed by atoms with Gasteiger partial charge < -0.3 is 19.8 Å². The van der Waals surface area contributed by atoms with Gasteiger partial charge in [0, 0.05) is 30.1 Å². The maximum Gasteiger partial charge on any atom is 0.227 e. The fourth-order valence-electron chi connectivity index (χ4n) is 2.85. The van der Waals surface area contributed by atoms with Crippen LogP contribution in [0.4, 0.5) is 0 Å². The molecule has 21 heavy (non-hydrogen) atoms. The minimum atomic E-state index is 0.143. The lowest BCUT2D eigenvalue weighted by molar-refractivity contribution is -0.129. The lowest BCUT2D eigenvalue weighted by atomic mass is 10.1. The van der Waals surface area contributed by atoms with Gasteiger partial charge in [0.25, 0.3) is 0 Å². The average molecular weight is 288 g/mol. The molecule has 1 aliphatic heterocycles. The summed E-state index contributed by atoms with van der Waals surface area (Å²) in [6, 6.07) is 5.66. The molecule has 1 fully saturated rings. The zero-order valence-electron chi connectivity index (χ0n) is 12.2. The molecule has 1 saturated heterocycles. The topological polar surface area (TPSA) is 68.7 Å². The number of carbonyl (C=O) groups excluding carboxylic acids is 1. The van der Waals surface area contributed by atoms with Gasteiger partial charge in [-0.3, -0.25) is 4.79 Å². The van der Waals surface area contributed by atoms with Crippen molar-refractivity contribution >= 4 is 16.9 Å². The van der Waals surface area contributed by atoms with Crippen LogP contribution in [-0.4, -0.2) is 37.6 Å². The monoisotopic (exact) mass is 288 g/mol. The highest BCUT2D eigenvalue weighted by atomic mass is 16.5. The van der Waals surface area contributed by atoms with Crippen molar-refractivity contribution in [3.8, 4) is 5.75 Å². The molecule has 2 N–H and O–H groups in total. The second kappa shape index (κ2) is 5.77. The van der Waals surface area contributed by atoms with Gasteiger partial charge in [0.1, 0.15) is 11.3 Å². The van der Waals surface area contributed by atoms with Gasteiger partial charge >= 0.3 is 0 Å². The molecule has 1 atom stereocenters. The number of ether oxygens (including phenoxy) is 1. The highest BCUT2D eigenvalue weighted by Crippen LogP contribution is 2.26. The Morgan fingerprint density at radius 3 is 3.10 bits per heavy atom. The maximum atomic E-state index is 12.4. The van der Waals surface area contributed by atoms with Crippen LogP contribution in [0.1, 0.15) is 12.0 Å². The Labute approximate surface area is 123 Å². The first-order chi connectivity index (χ1) is 10.2. The Balaban J connectivity index is 1.74. The van der Waals surface area contributed by atoms with E-state index in [1.54, 1.807) is 13.4 Å². The third-order valence-corrected chi connectivity index (χ3v) is 4.18. The van der Waals surface area contributed by atoms with Crippen molar-refractivity contribution in [3.63, 3.8) is 0 Å². The molecule has 112 valence electrons. The van der Waals surface area contributed by atoms with Crippen LogP contribution in [0.25, 0.3) is 11.0 Å². The minimum Gasteiger partial charge on any atom is -0.497 e. The second-order valence-electron chi connectivity index (χ2n) is 5.53. The zero-order chi connectivity index (χ0) is 14.8. The number of benzene rings is 1. The van der Waals surface area contributed by atoms with E-state index < -0.39 is 0 Å². The molecule has 0 spiro atoms. The standard InChI is InChI=1S/C16H20N2O3/c1-20-13-2-3-14-12(10-21-15(14)7-13)6-16(19)18-5-4-11(8-17)9-18/h2-3,7,10-11H,4-6,8-9,17H2,1H3. The summed E-state index contributed by atoms with van der Waals surface area (Å²) in [6.07, 6.45) is 3.04. The van der Waals surface area contributed by atoms with Crippen molar-refractivity contribution < 1.29 is 13.9 Å². The van der Waals surface area contributed by atoms with Crippen LogP contribution in [0.5, 0.6) is 5.75 Å². The first kappa shape index (κ1) is 13.9. The van der Waals surface area contributed by atoms with Crippen LogP contribution in [0.15, 0.2) is 28.9 Å². The maximum absolute atomic E-state index is 12.4. The van der Waals surface area contributed by atoms with Gasteiger partial charge in [0.05, 0.1) is 19.8 Å². The molecular formula is C16H20N2O3. The van der Waals surface area contributed by atoms with Crippen LogP contribution in [0.3, 0.4) is 0 Å². The molecule has 1 aromatic heterocycles. The van der Waals surface area contributed by atoms with Gasteiger partial charge in [-0.2, -0.15) is 0 Å². The third kappa shape index (κ3) is 2.74. The summed E-state index contributed by atoms with van der Waals surface area (Å²) < 4.78 is 10.7. The van der Waals surface area contributed by atoms with Crippen molar-refractivity contribution in [1.29, 1.82) is 0 Å². The van der Waals surface area contributed by atoms with Crippen LogP contribution >= 0.6 is 0 Å². The Morgan fingerprint density at radius 1 is 1.52 bits per heavy atom. The molecule has 0 radical (unpaired) electrons. The van der Waals surface area contributed by atoms with Gasteiger partial charge in [0.15, 0.2) is 0 Å². The van der Waals surface area contributed by atoms with E-state index in [-0.39, 0.29) is 5.91 Å². The van der Waals surface area contributed by atoms with E-state index in [1.165, 1.54) is 0 Å². The molecule has 5 nitrogen and oxygen atoms in total. The third-order valence-electron chi connectivity index (χ3n) is 4.18. The molecule has 2 heterocycles. The summed E-state index contributed by atoms with van der Waals surface area (Å²) in [5.74, 6) is 1.34. The second-order valence-corrected chi connectivity index (χ2v) is 5.53. The number of fused-ring (bicyclic) bond motifs is 1. The lowest BCUT2D eigenvalue weighted by Gasteiger charge is -2.15. The molecule has 0 aliphatic carbocycles. The highest BCUT2D eigenvalue weighted by molar-refractivity contribution is 5.88. The number of rotatable bonds is 4. The van der Waals surface area contributed by atoms with Gasteiger partial charge in [-0.15, -0.1) is 0 Å². The molecular weight excluding hydrogens is 268 g/mol. The first-order valence-corrected chi connectivity index (χ1v) is 7.23. The molecule has 1 amide bonds. The molecule has 0 saturated carbocycles.